The van der Waals surface area contributed by atoms with Crippen LogP contribution in [0.15, 0.2) is 77.3 Å². The molecule has 0 saturated heterocycles. The standard InChI is InChI=1S/C22H22N4O3S2/c1-4-21(27)24-17-9-11-19(12-10-17)30-22-15(2)14-23-20(25-22)13-16-5-7-18(8-6-16)26-31(3,28)29/h4-12,14,26H,1,13H2,2-3H3,(H,24,27). The number of benzene rings is 2. The number of hydrogen-bond acceptors (Lipinski definition) is 6. The van der Waals surface area contributed by atoms with Gasteiger partial charge in [0.15, 0.2) is 0 Å². The minimum Gasteiger partial charge on any atom is -0.323 e. The van der Waals surface area contributed by atoms with Crippen LogP contribution in [0, 0.1) is 6.92 Å². The Bertz CT molecular complexity index is 1190. The Morgan fingerprint density at radius 1 is 1.10 bits per heavy atom. The topological polar surface area (TPSA) is 101 Å². The SMILES string of the molecule is C=CC(=O)Nc1ccc(Sc2nc(Cc3ccc(NS(C)(=O)=O)cc3)ncc2C)cc1. The molecule has 0 aliphatic heterocycles. The van der Waals surface area contributed by atoms with Crippen molar-refractivity contribution in [3.05, 3.63) is 84.3 Å². The third kappa shape index (κ3) is 6.94. The average molecular weight is 455 g/mol. The summed E-state index contributed by atoms with van der Waals surface area (Å²) in [4.78, 5) is 21.5. The Balaban J connectivity index is 1.70. The van der Waals surface area contributed by atoms with Crippen molar-refractivity contribution in [3.8, 4) is 0 Å². The lowest BCUT2D eigenvalue weighted by molar-refractivity contribution is -0.111. The summed E-state index contributed by atoms with van der Waals surface area (Å²) in [6, 6.07) is 14.6. The van der Waals surface area contributed by atoms with Gasteiger partial charge in [-0.05, 0) is 60.5 Å². The zero-order valence-electron chi connectivity index (χ0n) is 17.1. The highest BCUT2D eigenvalue weighted by Gasteiger charge is 2.08. The molecule has 160 valence electrons. The first-order valence-corrected chi connectivity index (χ1v) is 12.0. The summed E-state index contributed by atoms with van der Waals surface area (Å²) >= 11 is 1.52. The number of carbonyl (C=O) groups is 1. The maximum Gasteiger partial charge on any atom is 0.247 e. The lowest BCUT2D eigenvalue weighted by Crippen LogP contribution is -2.09. The van der Waals surface area contributed by atoms with Gasteiger partial charge in [-0.25, -0.2) is 18.4 Å². The van der Waals surface area contributed by atoms with Crippen molar-refractivity contribution < 1.29 is 13.2 Å². The second-order valence-corrected chi connectivity index (χ2v) is 9.65. The monoisotopic (exact) mass is 454 g/mol. The fraction of sp³-hybridized carbons (Fsp3) is 0.136. The van der Waals surface area contributed by atoms with Crippen molar-refractivity contribution in [2.75, 3.05) is 16.3 Å². The van der Waals surface area contributed by atoms with Gasteiger partial charge in [0, 0.05) is 28.9 Å². The fourth-order valence-electron chi connectivity index (χ4n) is 2.65. The number of sulfonamides is 1. The maximum atomic E-state index is 11.4. The van der Waals surface area contributed by atoms with Crippen LogP contribution in [0.25, 0.3) is 0 Å². The van der Waals surface area contributed by atoms with Crippen molar-refractivity contribution in [2.45, 2.75) is 23.3 Å². The molecule has 1 heterocycles. The number of nitrogens with one attached hydrogen (secondary N) is 2. The van der Waals surface area contributed by atoms with E-state index in [1.165, 1.54) is 17.8 Å². The summed E-state index contributed by atoms with van der Waals surface area (Å²) in [6.45, 7) is 5.39. The van der Waals surface area contributed by atoms with Gasteiger partial charge in [-0.3, -0.25) is 9.52 Å². The molecule has 0 aliphatic rings. The lowest BCUT2D eigenvalue weighted by atomic mass is 10.1. The van der Waals surface area contributed by atoms with E-state index in [0.29, 0.717) is 23.6 Å². The Labute approximate surface area is 186 Å². The van der Waals surface area contributed by atoms with Crippen LogP contribution in [0.2, 0.25) is 0 Å². The first kappa shape index (κ1) is 22.5. The predicted molar refractivity (Wildman–Crippen MR) is 124 cm³/mol. The van der Waals surface area contributed by atoms with E-state index in [2.05, 4.69) is 26.6 Å². The Hall–Kier alpha value is -3.17. The first-order valence-electron chi connectivity index (χ1n) is 9.32. The smallest absolute Gasteiger partial charge is 0.247 e. The quantitative estimate of drug-likeness (QED) is 0.394. The largest absolute Gasteiger partial charge is 0.323 e. The molecular formula is C22H22N4O3S2. The predicted octanol–water partition coefficient (Wildman–Crippen LogP) is 4.02. The van der Waals surface area contributed by atoms with E-state index in [9.17, 15) is 13.2 Å². The van der Waals surface area contributed by atoms with E-state index in [1.54, 1.807) is 18.3 Å². The van der Waals surface area contributed by atoms with Crippen LogP contribution < -0.4 is 10.0 Å². The van der Waals surface area contributed by atoms with E-state index in [1.807, 2.05) is 43.3 Å². The molecule has 0 radical (unpaired) electrons. The summed E-state index contributed by atoms with van der Waals surface area (Å²) in [6.07, 6.45) is 4.66. The summed E-state index contributed by atoms with van der Waals surface area (Å²) < 4.78 is 25.1. The summed E-state index contributed by atoms with van der Waals surface area (Å²) in [7, 11) is -3.30. The number of carbonyl (C=O) groups excluding carboxylic acids is 1. The number of hydrogen-bond donors (Lipinski definition) is 2. The molecule has 3 rings (SSSR count). The molecule has 2 N–H and O–H groups in total. The van der Waals surface area contributed by atoms with Crippen LogP contribution in [-0.4, -0.2) is 30.5 Å². The molecule has 3 aromatic rings. The molecule has 1 amide bonds. The van der Waals surface area contributed by atoms with Crippen LogP contribution in [0.3, 0.4) is 0 Å². The highest BCUT2D eigenvalue weighted by molar-refractivity contribution is 7.99. The molecule has 2 aromatic carbocycles. The number of amides is 1. The highest BCUT2D eigenvalue weighted by Crippen LogP contribution is 2.29. The van der Waals surface area contributed by atoms with Crippen molar-refractivity contribution in [1.82, 2.24) is 9.97 Å². The number of anilines is 2. The van der Waals surface area contributed by atoms with Crippen molar-refractivity contribution >= 4 is 39.1 Å². The first-order chi connectivity index (χ1) is 14.7. The molecule has 0 saturated carbocycles. The van der Waals surface area contributed by atoms with Crippen LogP contribution in [0.4, 0.5) is 11.4 Å². The minimum atomic E-state index is -3.30. The van der Waals surface area contributed by atoms with E-state index in [0.717, 1.165) is 27.3 Å². The molecule has 9 heteroatoms. The molecule has 1 aromatic heterocycles. The highest BCUT2D eigenvalue weighted by atomic mass is 32.2. The average Bonchev–Trinajstić information content (AvgIpc) is 2.72. The Morgan fingerprint density at radius 2 is 1.74 bits per heavy atom. The molecule has 0 aliphatic carbocycles. The van der Waals surface area contributed by atoms with Crippen LogP contribution in [0.5, 0.6) is 0 Å². The molecule has 0 unspecified atom stereocenters. The summed E-state index contributed by atoms with van der Waals surface area (Å²) in [5.74, 6) is 0.420. The molecule has 7 nitrogen and oxygen atoms in total. The van der Waals surface area contributed by atoms with Gasteiger partial charge >= 0.3 is 0 Å². The third-order valence-electron chi connectivity index (χ3n) is 4.12. The summed E-state index contributed by atoms with van der Waals surface area (Å²) in [5.41, 5.74) is 3.15. The minimum absolute atomic E-state index is 0.253. The van der Waals surface area contributed by atoms with E-state index in [4.69, 9.17) is 0 Å². The van der Waals surface area contributed by atoms with Crippen molar-refractivity contribution in [1.29, 1.82) is 0 Å². The zero-order valence-corrected chi connectivity index (χ0v) is 18.8. The van der Waals surface area contributed by atoms with Crippen molar-refractivity contribution in [3.63, 3.8) is 0 Å². The molecular weight excluding hydrogens is 432 g/mol. The van der Waals surface area contributed by atoms with Gasteiger partial charge in [0.05, 0.1) is 6.26 Å². The fourth-order valence-corrected chi connectivity index (χ4v) is 4.07. The second kappa shape index (κ2) is 9.76. The normalized spacial score (nSPS) is 11.0. The van der Waals surface area contributed by atoms with Crippen LogP contribution in [0.1, 0.15) is 17.0 Å². The lowest BCUT2D eigenvalue weighted by Gasteiger charge is -2.09. The van der Waals surface area contributed by atoms with Gasteiger partial charge in [-0.1, -0.05) is 30.5 Å². The van der Waals surface area contributed by atoms with Gasteiger partial charge in [-0.15, -0.1) is 0 Å². The molecule has 0 spiro atoms. The van der Waals surface area contributed by atoms with Crippen LogP contribution >= 0.6 is 11.8 Å². The van der Waals surface area contributed by atoms with Gasteiger partial charge in [0.1, 0.15) is 10.9 Å². The maximum absolute atomic E-state index is 11.4. The Morgan fingerprint density at radius 3 is 2.35 bits per heavy atom. The molecule has 0 atom stereocenters. The van der Waals surface area contributed by atoms with Crippen molar-refractivity contribution in [2.24, 2.45) is 0 Å². The zero-order chi connectivity index (χ0) is 22.4. The third-order valence-corrected chi connectivity index (χ3v) is 5.84. The number of aryl methyl sites for hydroxylation is 1. The Kier molecular flexibility index (Phi) is 7.09. The molecule has 31 heavy (non-hydrogen) atoms. The van der Waals surface area contributed by atoms with E-state index >= 15 is 0 Å². The second-order valence-electron chi connectivity index (χ2n) is 6.84. The number of rotatable bonds is 8. The van der Waals surface area contributed by atoms with Gasteiger partial charge in [-0.2, -0.15) is 0 Å². The van der Waals surface area contributed by atoms with E-state index in [-0.39, 0.29) is 5.91 Å². The molecule has 0 bridgehead atoms. The van der Waals surface area contributed by atoms with E-state index < -0.39 is 10.0 Å². The van der Waals surface area contributed by atoms with Crippen LogP contribution in [-0.2, 0) is 21.2 Å². The summed E-state index contributed by atoms with van der Waals surface area (Å²) in [5, 5.41) is 3.57. The number of nitrogens with zero attached hydrogens (tertiary/aromatic N) is 2. The number of aromatic nitrogens is 2. The van der Waals surface area contributed by atoms with Gasteiger partial charge < -0.3 is 5.32 Å². The molecule has 0 fully saturated rings. The van der Waals surface area contributed by atoms with Gasteiger partial charge in [0.2, 0.25) is 15.9 Å². The van der Waals surface area contributed by atoms with Gasteiger partial charge in [0.25, 0.3) is 0 Å².